The quantitative estimate of drug-likeness (QED) is 0.813. The summed E-state index contributed by atoms with van der Waals surface area (Å²) in [7, 11) is 0. The van der Waals surface area contributed by atoms with Gasteiger partial charge in [-0.3, -0.25) is 9.88 Å². The van der Waals surface area contributed by atoms with Crippen LogP contribution in [-0.4, -0.2) is 41.0 Å². The van der Waals surface area contributed by atoms with Gasteiger partial charge in [0.1, 0.15) is 0 Å². The molecule has 3 rings (SSSR count). The average molecular weight is 321 g/mol. The van der Waals surface area contributed by atoms with Gasteiger partial charge in [-0.05, 0) is 12.1 Å². The Hall–Kier alpha value is -0.970. The predicted molar refractivity (Wildman–Crippen MR) is 80.6 cm³/mol. The number of para-hydroxylation sites is 1. The van der Waals surface area contributed by atoms with Crippen LogP contribution in [0.15, 0.2) is 36.4 Å². The normalized spacial score (nSPS) is 20.8. The molecule has 0 bridgehead atoms. The number of aromatic nitrogens is 1. The number of halogens is 1. The van der Waals surface area contributed by atoms with Gasteiger partial charge < -0.3 is 4.74 Å². The number of ether oxygens (including phenoxy) is 1. The van der Waals surface area contributed by atoms with Gasteiger partial charge in [-0.15, -0.1) is 0 Å². The van der Waals surface area contributed by atoms with Gasteiger partial charge in [0, 0.05) is 29.8 Å². The molecule has 0 radical (unpaired) electrons. The van der Waals surface area contributed by atoms with Gasteiger partial charge >= 0.3 is 0 Å². The van der Waals surface area contributed by atoms with Crippen molar-refractivity contribution < 1.29 is 4.74 Å². The molecule has 1 aliphatic heterocycles. The van der Waals surface area contributed by atoms with Crippen LogP contribution in [0.3, 0.4) is 0 Å². The lowest BCUT2D eigenvalue weighted by molar-refractivity contribution is -0.00262. The first kappa shape index (κ1) is 13.0. The molecule has 4 heteroatoms. The highest BCUT2D eigenvalue weighted by atomic mass is 79.9. The van der Waals surface area contributed by atoms with Crippen LogP contribution in [0.2, 0.25) is 0 Å². The molecule has 0 spiro atoms. The molecule has 2 aromatic rings. The highest BCUT2D eigenvalue weighted by molar-refractivity contribution is 9.09. The molecule has 2 heterocycles. The SMILES string of the molecule is BrCC1COCCN1Cc1ccc2ccccc2n1. The third kappa shape index (κ3) is 2.96. The number of nitrogens with zero attached hydrogens (tertiary/aromatic N) is 2. The fraction of sp³-hybridized carbons (Fsp3) is 0.400. The standard InChI is InChI=1S/C15H17BrN2O/c16-9-14-11-19-8-7-18(14)10-13-6-5-12-3-1-2-4-15(12)17-13/h1-6,14H,7-11H2. The third-order valence-corrected chi connectivity index (χ3v) is 4.30. The van der Waals surface area contributed by atoms with Gasteiger partial charge in [-0.25, -0.2) is 0 Å². The molecule has 1 aromatic carbocycles. The van der Waals surface area contributed by atoms with Crippen molar-refractivity contribution in [2.75, 3.05) is 25.1 Å². The van der Waals surface area contributed by atoms with Crippen molar-refractivity contribution in [3.8, 4) is 0 Å². The van der Waals surface area contributed by atoms with E-state index < -0.39 is 0 Å². The second-order valence-electron chi connectivity index (χ2n) is 4.85. The molecule has 1 aromatic heterocycles. The summed E-state index contributed by atoms with van der Waals surface area (Å²) in [5.41, 5.74) is 2.20. The maximum atomic E-state index is 5.52. The Balaban J connectivity index is 1.80. The number of hydrogen-bond donors (Lipinski definition) is 0. The van der Waals surface area contributed by atoms with Crippen LogP contribution in [0, 0.1) is 0 Å². The van der Waals surface area contributed by atoms with Crippen molar-refractivity contribution in [1.82, 2.24) is 9.88 Å². The first-order chi connectivity index (χ1) is 9.36. The number of fused-ring (bicyclic) bond motifs is 1. The summed E-state index contributed by atoms with van der Waals surface area (Å²) in [4.78, 5) is 7.18. The Morgan fingerprint density at radius 2 is 2.16 bits per heavy atom. The molecule has 0 amide bonds. The van der Waals surface area contributed by atoms with E-state index in [1.165, 1.54) is 5.39 Å². The minimum Gasteiger partial charge on any atom is -0.378 e. The zero-order chi connectivity index (χ0) is 13.1. The van der Waals surface area contributed by atoms with E-state index in [1.54, 1.807) is 0 Å². The number of alkyl halides is 1. The van der Waals surface area contributed by atoms with E-state index in [1.807, 2.05) is 12.1 Å². The smallest absolute Gasteiger partial charge is 0.0705 e. The second-order valence-corrected chi connectivity index (χ2v) is 5.50. The highest BCUT2D eigenvalue weighted by Crippen LogP contribution is 2.16. The summed E-state index contributed by atoms with van der Waals surface area (Å²) in [5.74, 6) is 0. The molecule has 0 aliphatic carbocycles. The Morgan fingerprint density at radius 1 is 1.26 bits per heavy atom. The number of hydrogen-bond acceptors (Lipinski definition) is 3. The Bertz CT molecular complexity index is 561. The molecule has 1 unspecified atom stereocenters. The van der Waals surface area contributed by atoms with Crippen LogP contribution in [0.5, 0.6) is 0 Å². The van der Waals surface area contributed by atoms with Gasteiger partial charge in [0.2, 0.25) is 0 Å². The van der Waals surface area contributed by atoms with Gasteiger partial charge in [0.25, 0.3) is 0 Å². The topological polar surface area (TPSA) is 25.4 Å². The second kappa shape index (κ2) is 5.99. The summed E-state index contributed by atoms with van der Waals surface area (Å²) in [5, 5.41) is 2.14. The Labute approximate surface area is 121 Å². The van der Waals surface area contributed by atoms with Crippen molar-refractivity contribution in [3.05, 3.63) is 42.1 Å². The first-order valence-corrected chi connectivity index (χ1v) is 7.71. The number of benzene rings is 1. The van der Waals surface area contributed by atoms with Gasteiger partial charge in [-0.2, -0.15) is 0 Å². The van der Waals surface area contributed by atoms with Gasteiger partial charge in [0.05, 0.1) is 24.4 Å². The minimum absolute atomic E-state index is 0.446. The Kier molecular flexibility index (Phi) is 4.11. The van der Waals surface area contributed by atoms with E-state index in [0.717, 1.165) is 42.8 Å². The maximum absolute atomic E-state index is 5.52. The average Bonchev–Trinajstić information content (AvgIpc) is 2.48. The lowest BCUT2D eigenvalue weighted by atomic mass is 10.2. The molecule has 1 saturated heterocycles. The lowest BCUT2D eigenvalue weighted by Crippen LogP contribution is -2.45. The minimum atomic E-state index is 0.446. The van der Waals surface area contributed by atoms with Crippen molar-refractivity contribution in [2.45, 2.75) is 12.6 Å². The van der Waals surface area contributed by atoms with Crippen LogP contribution in [0.25, 0.3) is 10.9 Å². The number of morpholine rings is 1. The molecule has 19 heavy (non-hydrogen) atoms. The summed E-state index contributed by atoms with van der Waals surface area (Å²) in [6.45, 7) is 3.49. The zero-order valence-corrected chi connectivity index (χ0v) is 12.3. The molecule has 100 valence electrons. The molecule has 1 fully saturated rings. The highest BCUT2D eigenvalue weighted by Gasteiger charge is 2.22. The fourth-order valence-electron chi connectivity index (χ4n) is 2.44. The largest absolute Gasteiger partial charge is 0.378 e. The van der Waals surface area contributed by atoms with Gasteiger partial charge in [0.15, 0.2) is 0 Å². The molecular formula is C15H17BrN2O. The van der Waals surface area contributed by atoms with E-state index in [0.29, 0.717) is 6.04 Å². The lowest BCUT2D eigenvalue weighted by Gasteiger charge is -2.34. The number of pyridine rings is 1. The monoisotopic (exact) mass is 320 g/mol. The van der Waals surface area contributed by atoms with Crippen molar-refractivity contribution in [2.24, 2.45) is 0 Å². The Morgan fingerprint density at radius 3 is 3.05 bits per heavy atom. The molecule has 1 atom stereocenters. The predicted octanol–water partition coefficient (Wildman–Crippen LogP) is 2.83. The summed E-state index contributed by atoms with van der Waals surface area (Å²) in [6, 6.07) is 13.0. The number of rotatable bonds is 3. The van der Waals surface area contributed by atoms with E-state index >= 15 is 0 Å². The maximum Gasteiger partial charge on any atom is 0.0705 e. The van der Waals surface area contributed by atoms with E-state index in [4.69, 9.17) is 9.72 Å². The molecule has 3 nitrogen and oxygen atoms in total. The first-order valence-electron chi connectivity index (χ1n) is 6.59. The molecule has 0 N–H and O–H groups in total. The van der Waals surface area contributed by atoms with Crippen LogP contribution in [0.4, 0.5) is 0 Å². The molecule has 0 saturated carbocycles. The fourth-order valence-corrected chi connectivity index (χ4v) is 3.04. The van der Waals surface area contributed by atoms with Crippen molar-refractivity contribution in [3.63, 3.8) is 0 Å². The summed E-state index contributed by atoms with van der Waals surface area (Å²) in [6.07, 6.45) is 0. The zero-order valence-electron chi connectivity index (χ0n) is 10.8. The van der Waals surface area contributed by atoms with Crippen LogP contribution in [0.1, 0.15) is 5.69 Å². The van der Waals surface area contributed by atoms with Crippen molar-refractivity contribution >= 4 is 26.8 Å². The van der Waals surface area contributed by atoms with Crippen LogP contribution < -0.4 is 0 Å². The van der Waals surface area contributed by atoms with Crippen LogP contribution in [-0.2, 0) is 11.3 Å². The van der Waals surface area contributed by atoms with Gasteiger partial charge in [-0.1, -0.05) is 40.2 Å². The third-order valence-electron chi connectivity index (χ3n) is 3.55. The molecule has 1 aliphatic rings. The van der Waals surface area contributed by atoms with E-state index in [2.05, 4.69) is 45.1 Å². The van der Waals surface area contributed by atoms with E-state index in [-0.39, 0.29) is 0 Å². The summed E-state index contributed by atoms with van der Waals surface area (Å²) >= 11 is 3.56. The van der Waals surface area contributed by atoms with E-state index in [9.17, 15) is 0 Å². The van der Waals surface area contributed by atoms with Crippen LogP contribution >= 0.6 is 15.9 Å². The summed E-state index contributed by atoms with van der Waals surface area (Å²) < 4.78 is 5.52. The molecular weight excluding hydrogens is 304 g/mol. The van der Waals surface area contributed by atoms with Crippen molar-refractivity contribution in [1.29, 1.82) is 0 Å².